The fraction of sp³-hybridized carbons (Fsp3) is 0.0417. The molecule has 0 fully saturated rings. The number of anilines is 1. The van der Waals surface area contributed by atoms with Crippen molar-refractivity contribution in [1.29, 1.82) is 0 Å². The van der Waals surface area contributed by atoms with Crippen LogP contribution >= 0.6 is 0 Å². The zero-order valence-electron chi connectivity index (χ0n) is 15.9. The number of rotatable bonds is 5. The van der Waals surface area contributed by atoms with E-state index in [2.05, 4.69) is 9.97 Å². The summed E-state index contributed by atoms with van der Waals surface area (Å²) in [5.74, 6) is 1.88. The second-order valence-electron chi connectivity index (χ2n) is 6.43. The molecule has 0 saturated carbocycles. The normalized spacial score (nSPS) is 10.4. The monoisotopic (exact) mass is 381 g/mol. The Hall–Kier alpha value is -3.99. The van der Waals surface area contributed by atoms with Crippen molar-refractivity contribution >= 4 is 11.6 Å². The summed E-state index contributed by atoms with van der Waals surface area (Å²) in [6.45, 7) is 0. The number of nitrogens with zero attached hydrogens (tertiary/aromatic N) is 3. The lowest BCUT2D eigenvalue weighted by Gasteiger charge is -2.17. The molecule has 142 valence electrons. The molecule has 4 rings (SSSR count). The van der Waals surface area contributed by atoms with Gasteiger partial charge in [0.2, 0.25) is 0 Å². The van der Waals surface area contributed by atoms with Gasteiger partial charge in [0.15, 0.2) is 5.82 Å². The van der Waals surface area contributed by atoms with Crippen LogP contribution in [0.5, 0.6) is 11.5 Å². The lowest BCUT2D eigenvalue weighted by atomic mass is 10.2. The Kier molecular flexibility index (Phi) is 5.29. The predicted molar refractivity (Wildman–Crippen MR) is 113 cm³/mol. The molecule has 0 saturated heterocycles. The summed E-state index contributed by atoms with van der Waals surface area (Å²) in [6.07, 6.45) is 3.11. The molecule has 0 atom stereocenters. The molecule has 0 spiro atoms. The van der Waals surface area contributed by atoms with Crippen LogP contribution in [0.2, 0.25) is 0 Å². The van der Waals surface area contributed by atoms with Gasteiger partial charge in [-0.25, -0.2) is 9.97 Å². The Morgan fingerprint density at radius 1 is 0.759 bits per heavy atom. The summed E-state index contributed by atoms with van der Waals surface area (Å²) < 4.78 is 5.79. The van der Waals surface area contributed by atoms with Crippen LogP contribution < -0.4 is 9.64 Å². The standard InChI is InChI=1S/C24H19N3O2/c1-27(20-12-14-22(15-13-20)29-21-10-6-3-7-11-21)24(28)19-16-25-23(26-17-19)18-8-4-2-5-9-18/h2-17H,1H3. The topological polar surface area (TPSA) is 55.3 Å². The zero-order valence-corrected chi connectivity index (χ0v) is 15.9. The van der Waals surface area contributed by atoms with E-state index in [1.165, 1.54) is 0 Å². The first kappa shape index (κ1) is 18.4. The molecule has 0 unspecified atom stereocenters. The number of hydrogen-bond donors (Lipinski definition) is 0. The van der Waals surface area contributed by atoms with E-state index in [1.54, 1.807) is 24.3 Å². The van der Waals surface area contributed by atoms with Crippen LogP contribution in [0.25, 0.3) is 11.4 Å². The van der Waals surface area contributed by atoms with Crippen molar-refractivity contribution in [2.45, 2.75) is 0 Å². The van der Waals surface area contributed by atoms with Crippen molar-refractivity contribution in [2.24, 2.45) is 0 Å². The molecule has 1 heterocycles. The smallest absolute Gasteiger partial charge is 0.261 e. The fourth-order valence-corrected chi connectivity index (χ4v) is 2.85. The van der Waals surface area contributed by atoms with E-state index < -0.39 is 0 Å². The number of amides is 1. The number of benzene rings is 3. The van der Waals surface area contributed by atoms with Crippen molar-refractivity contribution in [3.05, 3.63) is 103 Å². The van der Waals surface area contributed by atoms with Crippen LogP contribution in [0.1, 0.15) is 10.4 Å². The minimum Gasteiger partial charge on any atom is -0.457 e. The molecule has 4 aromatic rings. The van der Waals surface area contributed by atoms with E-state index in [9.17, 15) is 4.79 Å². The van der Waals surface area contributed by atoms with Gasteiger partial charge in [-0.15, -0.1) is 0 Å². The Bertz CT molecular complexity index is 1080. The maximum Gasteiger partial charge on any atom is 0.261 e. The summed E-state index contributed by atoms with van der Waals surface area (Å²) in [7, 11) is 1.72. The molecule has 0 N–H and O–H groups in total. The van der Waals surface area contributed by atoms with Gasteiger partial charge in [0, 0.05) is 30.7 Å². The van der Waals surface area contributed by atoms with E-state index in [1.807, 2.05) is 84.9 Å². The van der Waals surface area contributed by atoms with Crippen LogP contribution in [-0.2, 0) is 0 Å². The lowest BCUT2D eigenvalue weighted by molar-refractivity contribution is 0.0992. The summed E-state index contributed by atoms with van der Waals surface area (Å²) >= 11 is 0. The molecule has 1 amide bonds. The third-order valence-electron chi connectivity index (χ3n) is 4.44. The highest BCUT2D eigenvalue weighted by molar-refractivity contribution is 6.05. The number of para-hydroxylation sites is 1. The molecule has 0 aliphatic heterocycles. The average molecular weight is 381 g/mol. The van der Waals surface area contributed by atoms with Gasteiger partial charge in [-0.3, -0.25) is 4.79 Å². The number of aromatic nitrogens is 2. The number of carbonyl (C=O) groups is 1. The van der Waals surface area contributed by atoms with Crippen molar-refractivity contribution in [3.63, 3.8) is 0 Å². The van der Waals surface area contributed by atoms with E-state index >= 15 is 0 Å². The van der Waals surface area contributed by atoms with Gasteiger partial charge in [-0.05, 0) is 36.4 Å². The van der Waals surface area contributed by atoms with Crippen LogP contribution in [0.4, 0.5) is 5.69 Å². The van der Waals surface area contributed by atoms with E-state index in [-0.39, 0.29) is 5.91 Å². The van der Waals surface area contributed by atoms with E-state index in [0.717, 1.165) is 17.0 Å². The molecule has 0 bridgehead atoms. The Labute approximate surface area is 169 Å². The van der Waals surface area contributed by atoms with Gasteiger partial charge < -0.3 is 9.64 Å². The van der Waals surface area contributed by atoms with Crippen molar-refractivity contribution in [1.82, 2.24) is 9.97 Å². The molecule has 0 aliphatic carbocycles. The first-order chi connectivity index (χ1) is 14.2. The molecule has 29 heavy (non-hydrogen) atoms. The van der Waals surface area contributed by atoms with Crippen LogP contribution in [0.3, 0.4) is 0 Å². The largest absolute Gasteiger partial charge is 0.457 e. The third-order valence-corrected chi connectivity index (χ3v) is 4.44. The molecule has 3 aromatic carbocycles. The van der Waals surface area contributed by atoms with Gasteiger partial charge in [-0.2, -0.15) is 0 Å². The van der Waals surface area contributed by atoms with Crippen LogP contribution in [0.15, 0.2) is 97.3 Å². The Morgan fingerprint density at radius 3 is 1.93 bits per heavy atom. The third kappa shape index (κ3) is 4.30. The molecule has 0 aliphatic rings. The summed E-state index contributed by atoms with van der Waals surface area (Å²) in [6, 6.07) is 26.6. The van der Waals surface area contributed by atoms with Crippen molar-refractivity contribution < 1.29 is 9.53 Å². The Morgan fingerprint density at radius 2 is 1.31 bits per heavy atom. The maximum atomic E-state index is 12.8. The first-order valence-corrected chi connectivity index (χ1v) is 9.19. The minimum absolute atomic E-state index is 0.179. The van der Waals surface area contributed by atoms with Crippen LogP contribution in [0, 0.1) is 0 Å². The maximum absolute atomic E-state index is 12.8. The highest BCUT2D eigenvalue weighted by atomic mass is 16.5. The average Bonchev–Trinajstić information content (AvgIpc) is 2.80. The van der Waals surface area contributed by atoms with Crippen molar-refractivity contribution in [2.75, 3.05) is 11.9 Å². The fourth-order valence-electron chi connectivity index (χ4n) is 2.85. The zero-order chi connectivity index (χ0) is 20.1. The quantitative estimate of drug-likeness (QED) is 0.476. The minimum atomic E-state index is -0.179. The van der Waals surface area contributed by atoms with Gasteiger partial charge in [0.1, 0.15) is 11.5 Å². The van der Waals surface area contributed by atoms with Gasteiger partial charge >= 0.3 is 0 Å². The highest BCUT2D eigenvalue weighted by Crippen LogP contribution is 2.24. The van der Waals surface area contributed by atoms with E-state index in [4.69, 9.17) is 4.74 Å². The second kappa shape index (κ2) is 8.35. The second-order valence-corrected chi connectivity index (χ2v) is 6.43. The summed E-state index contributed by atoms with van der Waals surface area (Å²) in [5, 5.41) is 0. The van der Waals surface area contributed by atoms with Gasteiger partial charge in [0.05, 0.1) is 5.56 Å². The molecular formula is C24H19N3O2. The molecule has 1 aromatic heterocycles. The number of ether oxygens (including phenoxy) is 1. The van der Waals surface area contributed by atoms with E-state index in [0.29, 0.717) is 17.1 Å². The Balaban J connectivity index is 1.46. The summed E-state index contributed by atoms with van der Waals surface area (Å²) in [5.41, 5.74) is 2.09. The predicted octanol–water partition coefficient (Wildman–Crippen LogP) is 5.21. The number of hydrogen-bond acceptors (Lipinski definition) is 4. The van der Waals surface area contributed by atoms with Crippen LogP contribution in [-0.4, -0.2) is 22.9 Å². The number of carbonyl (C=O) groups excluding carboxylic acids is 1. The molecule has 0 radical (unpaired) electrons. The van der Waals surface area contributed by atoms with Crippen molar-refractivity contribution in [3.8, 4) is 22.9 Å². The molecule has 5 nitrogen and oxygen atoms in total. The summed E-state index contributed by atoms with van der Waals surface area (Å²) in [4.78, 5) is 23.0. The highest BCUT2D eigenvalue weighted by Gasteiger charge is 2.15. The van der Waals surface area contributed by atoms with Gasteiger partial charge in [-0.1, -0.05) is 48.5 Å². The molecular weight excluding hydrogens is 362 g/mol. The molecule has 5 heteroatoms. The SMILES string of the molecule is CN(C(=O)c1cnc(-c2ccccc2)nc1)c1ccc(Oc2ccccc2)cc1. The first-order valence-electron chi connectivity index (χ1n) is 9.19. The lowest BCUT2D eigenvalue weighted by Crippen LogP contribution is -2.26. The van der Waals surface area contributed by atoms with Gasteiger partial charge in [0.25, 0.3) is 5.91 Å².